The molecule has 0 N–H and O–H groups in total. The van der Waals surface area contributed by atoms with E-state index in [0.29, 0.717) is 12.3 Å². The molecule has 5 heteroatoms. The van der Waals surface area contributed by atoms with Gasteiger partial charge in [-0.25, -0.2) is 9.97 Å². The van der Waals surface area contributed by atoms with Gasteiger partial charge >= 0.3 is 0 Å². The fourth-order valence-corrected chi connectivity index (χ4v) is 4.43. The van der Waals surface area contributed by atoms with Crippen LogP contribution in [0.25, 0.3) is 0 Å². The molecule has 0 spiro atoms. The molecule has 148 valence electrons. The molecule has 28 heavy (non-hydrogen) atoms. The molecule has 0 bridgehead atoms. The van der Waals surface area contributed by atoms with Crippen LogP contribution in [-0.2, 0) is 17.6 Å². The van der Waals surface area contributed by atoms with Gasteiger partial charge < -0.3 is 9.80 Å². The second kappa shape index (κ2) is 8.29. The number of aromatic nitrogens is 2. The van der Waals surface area contributed by atoms with E-state index in [9.17, 15) is 4.79 Å². The highest BCUT2D eigenvalue weighted by Crippen LogP contribution is 2.31. The number of nitrogens with zero attached hydrogens (tertiary/aromatic N) is 4. The first-order valence-corrected chi connectivity index (χ1v) is 10.5. The van der Waals surface area contributed by atoms with E-state index in [0.717, 1.165) is 62.7 Å². The zero-order chi connectivity index (χ0) is 19.5. The average Bonchev–Trinajstić information content (AvgIpc) is 2.73. The van der Waals surface area contributed by atoms with Crippen molar-refractivity contribution in [3.63, 3.8) is 0 Å². The third-order valence-electron chi connectivity index (χ3n) is 6.17. The maximum atomic E-state index is 12.6. The molecule has 1 amide bonds. The summed E-state index contributed by atoms with van der Waals surface area (Å²) >= 11 is 0. The van der Waals surface area contributed by atoms with Gasteiger partial charge in [0, 0.05) is 50.3 Å². The van der Waals surface area contributed by atoms with Gasteiger partial charge in [0.15, 0.2) is 0 Å². The predicted octanol–water partition coefficient (Wildman–Crippen LogP) is 3.51. The summed E-state index contributed by atoms with van der Waals surface area (Å²) in [5.74, 6) is 2.72. The van der Waals surface area contributed by atoms with Gasteiger partial charge in [0.1, 0.15) is 11.6 Å². The summed E-state index contributed by atoms with van der Waals surface area (Å²) in [6.07, 6.45) is 5.59. The quantitative estimate of drug-likeness (QED) is 0.817. The summed E-state index contributed by atoms with van der Waals surface area (Å²) in [6, 6.07) is 10.3. The third-order valence-corrected chi connectivity index (χ3v) is 6.17. The lowest BCUT2D eigenvalue weighted by atomic mass is 9.94. The number of hydrogen-bond donors (Lipinski definition) is 0. The number of aryl methyl sites for hydroxylation is 2. The first kappa shape index (κ1) is 18.9. The third kappa shape index (κ3) is 4.03. The first-order chi connectivity index (χ1) is 13.6. The highest BCUT2D eigenvalue weighted by Gasteiger charge is 2.27. The summed E-state index contributed by atoms with van der Waals surface area (Å²) in [5.41, 5.74) is 3.67. The van der Waals surface area contributed by atoms with Crippen molar-refractivity contribution in [1.29, 1.82) is 0 Å². The zero-order valence-corrected chi connectivity index (χ0v) is 17.0. The Hall–Kier alpha value is -2.43. The van der Waals surface area contributed by atoms with Crippen LogP contribution in [0.5, 0.6) is 0 Å². The second-order valence-corrected chi connectivity index (χ2v) is 8.14. The molecule has 2 aliphatic rings. The van der Waals surface area contributed by atoms with Gasteiger partial charge in [0.2, 0.25) is 5.91 Å². The van der Waals surface area contributed by atoms with E-state index in [1.807, 2.05) is 23.1 Å². The van der Waals surface area contributed by atoms with E-state index in [1.165, 1.54) is 17.5 Å². The number of likely N-dealkylation sites (tertiary alicyclic amines) is 1. The standard InChI is InChI=1S/C23H30N4O/c1-17-20-9-6-14-26(2)23(20)25-22(24-17)19-12-15-27(16-13-19)21(28)11-10-18-7-4-3-5-8-18/h3-5,7-8,19H,6,9-16H2,1-2H3. The molecule has 3 heterocycles. The number of anilines is 1. The van der Waals surface area contributed by atoms with Crippen LogP contribution in [0.3, 0.4) is 0 Å². The van der Waals surface area contributed by atoms with Gasteiger partial charge in [0.25, 0.3) is 0 Å². The predicted molar refractivity (Wildman–Crippen MR) is 112 cm³/mol. The molecule has 2 aromatic rings. The molecule has 0 atom stereocenters. The zero-order valence-electron chi connectivity index (χ0n) is 17.0. The maximum absolute atomic E-state index is 12.6. The van der Waals surface area contributed by atoms with Crippen molar-refractivity contribution in [2.24, 2.45) is 0 Å². The minimum absolute atomic E-state index is 0.268. The molecular formula is C23H30N4O. The summed E-state index contributed by atoms with van der Waals surface area (Å²) < 4.78 is 0. The molecule has 2 aliphatic heterocycles. The molecule has 0 saturated carbocycles. The van der Waals surface area contributed by atoms with Crippen LogP contribution in [0, 0.1) is 6.92 Å². The summed E-state index contributed by atoms with van der Waals surface area (Å²) in [6.45, 7) is 4.81. The molecule has 1 aromatic heterocycles. The molecule has 0 aliphatic carbocycles. The molecule has 1 aromatic carbocycles. The number of rotatable bonds is 4. The Balaban J connectivity index is 1.36. The molecule has 1 fully saturated rings. The first-order valence-electron chi connectivity index (χ1n) is 10.5. The van der Waals surface area contributed by atoms with Crippen LogP contribution in [-0.4, -0.2) is 47.5 Å². The second-order valence-electron chi connectivity index (χ2n) is 8.14. The van der Waals surface area contributed by atoms with E-state index in [4.69, 9.17) is 9.97 Å². The van der Waals surface area contributed by atoms with E-state index in [-0.39, 0.29) is 5.91 Å². The smallest absolute Gasteiger partial charge is 0.222 e. The maximum Gasteiger partial charge on any atom is 0.222 e. The van der Waals surface area contributed by atoms with Crippen LogP contribution in [0.2, 0.25) is 0 Å². The number of piperidine rings is 1. The fourth-order valence-electron chi connectivity index (χ4n) is 4.43. The lowest BCUT2D eigenvalue weighted by Crippen LogP contribution is -2.38. The minimum Gasteiger partial charge on any atom is -0.359 e. The highest BCUT2D eigenvalue weighted by molar-refractivity contribution is 5.76. The monoisotopic (exact) mass is 378 g/mol. The summed E-state index contributed by atoms with van der Waals surface area (Å²) in [4.78, 5) is 26.7. The fraction of sp³-hybridized carbons (Fsp3) is 0.522. The van der Waals surface area contributed by atoms with Crippen LogP contribution in [0.1, 0.15) is 54.2 Å². The molecule has 0 radical (unpaired) electrons. The van der Waals surface area contributed by atoms with Crippen molar-refractivity contribution in [3.8, 4) is 0 Å². The minimum atomic E-state index is 0.268. The molecule has 0 unspecified atom stereocenters. The van der Waals surface area contributed by atoms with E-state index < -0.39 is 0 Å². The van der Waals surface area contributed by atoms with Crippen molar-refractivity contribution < 1.29 is 4.79 Å². The Labute approximate surface area is 167 Å². The number of fused-ring (bicyclic) bond motifs is 1. The lowest BCUT2D eigenvalue weighted by Gasteiger charge is -2.33. The van der Waals surface area contributed by atoms with Crippen molar-refractivity contribution in [2.45, 2.75) is 51.4 Å². The van der Waals surface area contributed by atoms with Gasteiger partial charge in [0.05, 0.1) is 0 Å². The lowest BCUT2D eigenvalue weighted by molar-refractivity contribution is -0.132. The SMILES string of the molecule is Cc1nc(C2CCN(C(=O)CCc3ccccc3)CC2)nc2c1CCCN2C. The number of carbonyl (C=O) groups is 1. The van der Waals surface area contributed by atoms with Crippen molar-refractivity contribution in [2.75, 3.05) is 31.6 Å². The van der Waals surface area contributed by atoms with Crippen LogP contribution in [0.15, 0.2) is 30.3 Å². The van der Waals surface area contributed by atoms with Gasteiger partial charge in [-0.3, -0.25) is 4.79 Å². The highest BCUT2D eigenvalue weighted by atomic mass is 16.2. The number of hydrogen-bond acceptors (Lipinski definition) is 4. The average molecular weight is 379 g/mol. The Kier molecular flexibility index (Phi) is 5.60. The van der Waals surface area contributed by atoms with E-state index >= 15 is 0 Å². The van der Waals surface area contributed by atoms with E-state index in [1.54, 1.807) is 0 Å². The Morgan fingerprint density at radius 1 is 1.11 bits per heavy atom. The van der Waals surface area contributed by atoms with Crippen molar-refractivity contribution in [3.05, 3.63) is 53.0 Å². The van der Waals surface area contributed by atoms with E-state index in [2.05, 4.69) is 31.0 Å². The molecule has 1 saturated heterocycles. The topological polar surface area (TPSA) is 49.3 Å². The summed E-state index contributed by atoms with van der Waals surface area (Å²) in [7, 11) is 2.13. The Morgan fingerprint density at radius 2 is 1.86 bits per heavy atom. The Bertz CT molecular complexity index is 828. The van der Waals surface area contributed by atoms with Gasteiger partial charge in [-0.15, -0.1) is 0 Å². The largest absolute Gasteiger partial charge is 0.359 e. The number of amides is 1. The van der Waals surface area contributed by atoms with Crippen LogP contribution < -0.4 is 4.90 Å². The summed E-state index contributed by atoms with van der Waals surface area (Å²) in [5, 5.41) is 0. The van der Waals surface area contributed by atoms with Gasteiger partial charge in [-0.1, -0.05) is 30.3 Å². The van der Waals surface area contributed by atoms with Crippen molar-refractivity contribution in [1.82, 2.24) is 14.9 Å². The molecule has 4 rings (SSSR count). The molecule has 5 nitrogen and oxygen atoms in total. The van der Waals surface area contributed by atoms with Crippen LogP contribution >= 0.6 is 0 Å². The van der Waals surface area contributed by atoms with Crippen molar-refractivity contribution >= 4 is 11.7 Å². The number of carbonyl (C=O) groups excluding carboxylic acids is 1. The van der Waals surface area contributed by atoms with Gasteiger partial charge in [-0.2, -0.15) is 0 Å². The van der Waals surface area contributed by atoms with Gasteiger partial charge in [-0.05, 0) is 44.6 Å². The normalized spacial score (nSPS) is 17.5. The number of benzene rings is 1. The molecular weight excluding hydrogens is 348 g/mol. The van der Waals surface area contributed by atoms with Crippen LogP contribution in [0.4, 0.5) is 5.82 Å². The Morgan fingerprint density at radius 3 is 2.61 bits per heavy atom.